The smallest absolute Gasteiger partial charge is 0.239 e. The number of benzene rings is 2. The highest BCUT2D eigenvalue weighted by Gasteiger charge is 2.49. The first-order chi connectivity index (χ1) is 26.6. The molecule has 1 aromatic heterocycles. The van der Waals surface area contributed by atoms with E-state index < -0.39 is 140 Å². The predicted octanol–water partition coefficient (Wildman–Crippen LogP) is -4.94. The van der Waals surface area contributed by atoms with Crippen molar-refractivity contribution in [1.82, 2.24) is 0 Å². The van der Waals surface area contributed by atoms with Crippen LogP contribution in [0.4, 0.5) is 0 Å². The van der Waals surface area contributed by atoms with Gasteiger partial charge < -0.3 is 104 Å². The molecule has 22 nitrogen and oxygen atoms in total. The van der Waals surface area contributed by atoms with Crippen molar-refractivity contribution in [2.24, 2.45) is 0 Å². The maximum absolute atomic E-state index is 14.0. The summed E-state index contributed by atoms with van der Waals surface area (Å²) in [6, 6.07) is 5.68. The quantitative estimate of drug-likeness (QED) is 0.0863. The molecule has 15 unspecified atom stereocenters. The van der Waals surface area contributed by atoms with Gasteiger partial charge in [-0.3, -0.25) is 4.79 Å². The first-order valence-corrected chi connectivity index (χ1v) is 17.1. The number of rotatable bonds is 11. The van der Waals surface area contributed by atoms with Crippen molar-refractivity contribution >= 4 is 11.0 Å². The lowest BCUT2D eigenvalue weighted by molar-refractivity contribution is -0.323. The van der Waals surface area contributed by atoms with E-state index in [1.807, 2.05) is 0 Å². The van der Waals surface area contributed by atoms with Crippen LogP contribution in [0.2, 0.25) is 0 Å². The van der Waals surface area contributed by atoms with Crippen molar-refractivity contribution in [3.8, 4) is 40.1 Å². The minimum absolute atomic E-state index is 0.0226. The van der Waals surface area contributed by atoms with Gasteiger partial charge >= 0.3 is 0 Å². The largest absolute Gasteiger partial charge is 0.507 e. The van der Waals surface area contributed by atoms with E-state index in [0.717, 1.165) is 12.1 Å². The molecular formula is C34H42O22. The third-order valence-electron chi connectivity index (χ3n) is 9.62. The summed E-state index contributed by atoms with van der Waals surface area (Å²) in [5.41, 5.74) is -1.44. The van der Waals surface area contributed by atoms with Gasteiger partial charge in [-0.1, -0.05) is 0 Å². The van der Waals surface area contributed by atoms with Crippen molar-refractivity contribution in [2.75, 3.05) is 26.9 Å². The van der Waals surface area contributed by atoms with Crippen LogP contribution < -0.4 is 19.6 Å². The third kappa shape index (κ3) is 7.83. The number of methoxy groups -OCH3 is 1. The van der Waals surface area contributed by atoms with E-state index in [0.29, 0.717) is 0 Å². The van der Waals surface area contributed by atoms with Gasteiger partial charge in [0, 0.05) is 17.7 Å². The lowest BCUT2D eigenvalue weighted by Gasteiger charge is -2.42. The molecule has 56 heavy (non-hydrogen) atoms. The van der Waals surface area contributed by atoms with Crippen LogP contribution in [0, 0.1) is 0 Å². The zero-order chi connectivity index (χ0) is 40.7. The SMILES string of the molecule is COc1cc(-c2oc3cc(OC4OC(COC5OC(CO)C(O)C(O)C5O)C(O)C(O)C4O)cc(O)c3c(=O)c2OC2OC(CO)C(O)C(O)C2O)ccc1O. The van der Waals surface area contributed by atoms with E-state index >= 15 is 0 Å². The molecule has 0 bridgehead atoms. The van der Waals surface area contributed by atoms with E-state index in [1.165, 1.54) is 25.3 Å². The van der Waals surface area contributed by atoms with Crippen molar-refractivity contribution in [2.45, 2.75) is 92.1 Å². The second-order valence-corrected chi connectivity index (χ2v) is 13.3. The predicted molar refractivity (Wildman–Crippen MR) is 179 cm³/mol. The molecule has 22 heteroatoms. The van der Waals surface area contributed by atoms with Crippen LogP contribution in [0.1, 0.15) is 0 Å². The summed E-state index contributed by atoms with van der Waals surface area (Å²) in [4.78, 5) is 14.0. The van der Waals surface area contributed by atoms with Gasteiger partial charge in [-0.25, -0.2) is 0 Å². The highest BCUT2D eigenvalue weighted by molar-refractivity contribution is 5.88. The van der Waals surface area contributed by atoms with Crippen LogP contribution in [-0.4, -0.2) is 185 Å². The normalized spacial score (nSPS) is 36.3. The van der Waals surface area contributed by atoms with Crippen molar-refractivity contribution in [1.29, 1.82) is 0 Å². The van der Waals surface area contributed by atoms with Gasteiger partial charge in [0.15, 0.2) is 23.5 Å². The molecule has 13 N–H and O–H groups in total. The van der Waals surface area contributed by atoms with Crippen LogP contribution in [0.15, 0.2) is 39.5 Å². The number of hydrogen-bond donors (Lipinski definition) is 13. The topological polar surface area (TPSA) is 358 Å². The molecule has 3 aromatic rings. The minimum atomic E-state index is -1.96. The zero-order valence-corrected chi connectivity index (χ0v) is 29.2. The zero-order valence-electron chi connectivity index (χ0n) is 29.2. The van der Waals surface area contributed by atoms with Gasteiger partial charge in [-0.15, -0.1) is 0 Å². The lowest BCUT2D eigenvalue weighted by atomic mass is 9.98. The Bertz CT molecular complexity index is 1880. The first-order valence-electron chi connectivity index (χ1n) is 17.1. The number of aromatic hydroxyl groups is 2. The van der Waals surface area contributed by atoms with Crippen molar-refractivity contribution in [3.05, 3.63) is 40.6 Å². The molecule has 3 fully saturated rings. The first kappa shape index (κ1) is 41.7. The molecule has 3 aliphatic rings. The molecular weight excluding hydrogens is 760 g/mol. The summed E-state index contributed by atoms with van der Waals surface area (Å²) in [5.74, 6) is -2.64. The summed E-state index contributed by atoms with van der Waals surface area (Å²) in [5, 5.41) is 133. The highest BCUT2D eigenvalue weighted by atomic mass is 16.7. The second kappa shape index (κ2) is 16.9. The Morgan fingerprint density at radius 1 is 0.625 bits per heavy atom. The minimum Gasteiger partial charge on any atom is -0.507 e. The molecule has 0 spiro atoms. The van der Waals surface area contributed by atoms with Crippen LogP contribution in [-0.2, 0) is 18.9 Å². The fraction of sp³-hybridized carbons (Fsp3) is 0.559. The Morgan fingerprint density at radius 3 is 1.75 bits per heavy atom. The lowest BCUT2D eigenvalue weighted by Crippen LogP contribution is -2.62. The van der Waals surface area contributed by atoms with Gasteiger partial charge in [-0.2, -0.15) is 0 Å². The van der Waals surface area contributed by atoms with Gasteiger partial charge in [0.25, 0.3) is 0 Å². The van der Waals surface area contributed by atoms with Gasteiger partial charge in [-0.05, 0) is 18.2 Å². The summed E-state index contributed by atoms with van der Waals surface area (Å²) in [6.45, 7) is -2.23. The van der Waals surface area contributed by atoms with Gasteiger partial charge in [0.1, 0.15) is 95.7 Å². The van der Waals surface area contributed by atoms with E-state index in [4.69, 9.17) is 37.6 Å². The molecule has 4 heterocycles. The second-order valence-electron chi connectivity index (χ2n) is 13.3. The molecule has 15 atom stereocenters. The van der Waals surface area contributed by atoms with E-state index in [1.54, 1.807) is 0 Å². The molecule has 2 aromatic carbocycles. The summed E-state index contributed by atoms with van der Waals surface area (Å²) >= 11 is 0. The van der Waals surface area contributed by atoms with Crippen LogP contribution in [0.25, 0.3) is 22.3 Å². The number of fused-ring (bicyclic) bond motifs is 1. The Morgan fingerprint density at radius 2 is 1.16 bits per heavy atom. The molecule has 0 aliphatic carbocycles. The number of phenolic OH excluding ortho intramolecular Hbond substituents is 2. The van der Waals surface area contributed by atoms with Gasteiger partial charge in [0.2, 0.25) is 23.8 Å². The molecule has 0 radical (unpaired) electrons. The average Bonchev–Trinajstić information content (AvgIpc) is 3.18. The Labute approximate surface area is 314 Å². The summed E-state index contributed by atoms with van der Waals surface area (Å²) in [6.07, 6.45) is -26.1. The van der Waals surface area contributed by atoms with Crippen molar-refractivity contribution in [3.63, 3.8) is 0 Å². The van der Waals surface area contributed by atoms with E-state index in [2.05, 4.69) is 0 Å². The van der Waals surface area contributed by atoms with Crippen LogP contribution in [0.3, 0.4) is 0 Å². The van der Waals surface area contributed by atoms with Crippen LogP contribution in [0.5, 0.6) is 28.7 Å². The number of aliphatic hydroxyl groups is 11. The monoisotopic (exact) mass is 802 g/mol. The standard InChI is InChI=1S/C34H42O22/c1-49-14-4-10(2-3-12(14)37)30-31(56-34-29(48)25(44)21(40)17(8-36)54-34)23(42)19-13(38)5-11(6-15(19)52-30)51-33-28(47)26(45)22(41)18(55-33)9-50-32-27(46)24(43)20(39)16(7-35)53-32/h2-6,16-18,20-22,24-29,32-41,43-48H,7-9H2,1H3. The fourth-order valence-corrected chi connectivity index (χ4v) is 6.40. The van der Waals surface area contributed by atoms with Crippen molar-refractivity contribution < 1.29 is 104 Å². The van der Waals surface area contributed by atoms with Gasteiger partial charge in [0.05, 0.1) is 26.9 Å². The maximum atomic E-state index is 14.0. The van der Waals surface area contributed by atoms with E-state index in [-0.39, 0.29) is 28.4 Å². The molecule has 3 aliphatic heterocycles. The van der Waals surface area contributed by atoms with Crippen LogP contribution >= 0.6 is 0 Å². The number of aliphatic hydroxyl groups excluding tert-OH is 11. The maximum Gasteiger partial charge on any atom is 0.239 e. The summed E-state index contributed by atoms with van der Waals surface area (Å²) in [7, 11) is 1.24. The number of hydrogen-bond acceptors (Lipinski definition) is 22. The molecule has 6 rings (SSSR count). The molecule has 310 valence electrons. The van der Waals surface area contributed by atoms with E-state index in [9.17, 15) is 71.2 Å². The number of ether oxygens (including phenoxy) is 7. The Kier molecular flexibility index (Phi) is 12.6. The Hall–Kier alpha value is -3.95. The highest BCUT2D eigenvalue weighted by Crippen LogP contribution is 2.40. The fourth-order valence-electron chi connectivity index (χ4n) is 6.40. The average molecular weight is 803 g/mol. The Balaban J connectivity index is 1.32. The molecule has 0 saturated carbocycles. The number of phenols is 2. The third-order valence-corrected chi connectivity index (χ3v) is 9.62. The molecule has 0 amide bonds. The molecule has 3 saturated heterocycles. The summed E-state index contributed by atoms with van der Waals surface area (Å²) < 4.78 is 44.3.